The van der Waals surface area contributed by atoms with Crippen LogP contribution in [0.5, 0.6) is 0 Å². The van der Waals surface area contributed by atoms with Crippen LogP contribution in [-0.4, -0.2) is 38.6 Å². The fraction of sp³-hybridized carbons (Fsp3) is 0.692. The number of hydrogen-bond acceptors (Lipinski definition) is 3. The van der Waals surface area contributed by atoms with Gasteiger partial charge in [-0.1, -0.05) is 13.3 Å². The van der Waals surface area contributed by atoms with Gasteiger partial charge in [-0.15, -0.1) is 11.3 Å². The smallest absolute Gasteiger partial charge is 0.0285 e. The van der Waals surface area contributed by atoms with Crippen molar-refractivity contribution < 1.29 is 0 Å². The minimum absolute atomic E-state index is 0.764. The van der Waals surface area contributed by atoms with Gasteiger partial charge in [0.15, 0.2) is 0 Å². The first-order valence-electron chi connectivity index (χ1n) is 6.21. The maximum atomic E-state index is 3.50. The van der Waals surface area contributed by atoms with Crippen LogP contribution >= 0.6 is 27.3 Å². The third kappa shape index (κ3) is 6.00. The van der Waals surface area contributed by atoms with Gasteiger partial charge in [-0.05, 0) is 55.0 Å². The summed E-state index contributed by atoms with van der Waals surface area (Å²) in [4.78, 5) is 3.91. The topological polar surface area (TPSA) is 15.3 Å². The second kappa shape index (κ2) is 8.25. The van der Waals surface area contributed by atoms with E-state index in [-0.39, 0.29) is 0 Å². The number of hydrogen-bond donors (Lipinski definition) is 1. The van der Waals surface area contributed by atoms with E-state index in [2.05, 4.69) is 51.6 Å². The first kappa shape index (κ1) is 15.2. The van der Waals surface area contributed by atoms with Crippen LogP contribution in [0, 0.1) is 5.92 Å². The predicted octanol–water partition coefficient (Wildman–Crippen LogP) is 3.23. The van der Waals surface area contributed by atoms with E-state index in [0.29, 0.717) is 0 Å². The third-order valence-electron chi connectivity index (χ3n) is 3.00. The number of likely N-dealkylation sites (N-methyl/N-ethyl adjacent to an activating group) is 1. The van der Waals surface area contributed by atoms with E-state index in [4.69, 9.17) is 0 Å². The Hall–Kier alpha value is 0.1000. The van der Waals surface area contributed by atoms with Gasteiger partial charge in [0.1, 0.15) is 0 Å². The first-order valence-corrected chi connectivity index (χ1v) is 7.89. The molecule has 0 aliphatic rings. The van der Waals surface area contributed by atoms with Crippen LogP contribution in [0.25, 0.3) is 0 Å². The quantitative estimate of drug-likeness (QED) is 0.791. The molecular formula is C13H23BrN2S. The lowest BCUT2D eigenvalue weighted by atomic mass is 10.1. The minimum Gasteiger partial charge on any atom is -0.319 e. The summed E-state index contributed by atoms with van der Waals surface area (Å²) >= 11 is 5.34. The van der Waals surface area contributed by atoms with E-state index >= 15 is 0 Å². The number of thiophene rings is 1. The maximum absolute atomic E-state index is 3.50. The molecule has 1 unspecified atom stereocenters. The van der Waals surface area contributed by atoms with Crippen molar-refractivity contribution in [2.75, 3.05) is 33.7 Å². The summed E-state index contributed by atoms with van der Waals surface area (Å²) in [5.41, 5.74) is 0. The Bertz CT molecular complexity index is 314. The van der Waals surface area contributed by atoms with E-state index in [1.807, 2.05) is 18.4 Å². The molecule has 1 aromatic rings. The molecule has 98 valence electrons. The Balaban J connectivity index is 2.26. The van der Waals surface area contributed by atoms with Crippen LogP contribution in [0.1, 0.15) is 18.2 Å². The summed E-state index contributed by atoms with van der Waals surface area (Å²) in [7, 11) is 4.26. The normalized spacial score (nSPS) is 13.2. The SMILES string of the molecule is CCC(CNC)CN(C)CCc1cc(Br)cs1. The van der Waals surface area contributed by atoms with Crippen molar-refractivity contribution in [1.82, 2.24) is 10.2 Å². The fourth-order valence-electron chi connectivity index (χ4n) is 1.94. The zero-order valence-electron chi connectivity index (χ0n) is 11.0. The van der Waals surface area contributed by atoms with Crippen LogP contribution < -0.4 is 5.32 Å². The Morgan fingerprint density at radius 3 is 2.82 bits per heavy atom. The summed E-state index contributed by atoms with van der Waals surface area (Å²) in [6.45, 7) is 5.72. The van der Waals surface area contributed by atoms with E-state index in [9.17, 15) is 0 Å². The van der Waals surface area contributed by atoms with Gasteiger partial charge in [-0.2, -0.15) is 0 Å². The summed E-state index contributed by atoms with van der Waals surface area (Å²) in [6.07, 6.45) is 2.40. The Morgan fingerprint density at radius 1 is 1.53 bits per heavy atom. The molecule has 0 saturated heterocycles. The molecule has 1 atom stereocenters. The first-order chi connectivity index (χ1) is 8.15. The molecule has 1 heterocycles. The lowest BCUT2D eigenvalue weighted by Gasteiger charge is -2.22. The Morgan fingerprint density at radius 2 is 2.29 bits per heavy atom. The van der Waals surface area contributed by atoms with Gasteiger partial charge in [0.05, 0.1) is 0 Å². The highest BCUT2D eigenvalue weighted by atomic mass is 79.9. The lowest BCUT2D eigenvalue weighted by molar-refractivity contribution is 0.271. The van der Waals surface area contributed by atoms with Gasteiger partial charge in [0.2, 0.25) is 0 Å². The van der Waals surface area contributed by atoms with Crippen molar-refractivity contribution in [2.45, 2.75) is 19.8 Å². The number of nitrogens with one attached hydrogen (secondary N) is 1. The van der Waals surface area contributed by atoms with Gasteiger partial charge in [0, 0.05) is 27.8 Å². The number of rotatable bonds is 8. The van der Waals surface area contributed by atoms with Gasteiger partial charge in [0.25, 0.3) is 0 Å². The van der Waals surface area contributed by atoms with Crippen LogP contribution in [0.3, 0.4) is 0 Å². The molecule has 0 saturated carbocycles. The molecule has 1 rings (SSSR count). The molecule has 0 bridgehead atoms. The van der Waals surface area contributed by atoms with Crippen molar-refractivity contribution >= 4 is 27.3 Å². The number of nitrogens with zero attached hydrogens (tertiary/aromatic N) is 1. The molecule has 0 amide bonds. The van der Waals surface area contributed by atoms with Gasteiger partial charge >= 0.3 is 0 Å². The molecule has 17 heavy (non-hydrogen) atoms. The van der Waals surface area contributed by atoms with E-state index in [1.54, 1.807) is 0 Å². The lowest BCUT2D eigenvalue weighted by Crippen LogP contribution is -2.32. The fourth-order valence-corrected chi connectivity index (χ4v) is 3.39. The second-order valence-electron chi connectivity index (χ2n) is 4.58. The summed E-state index contributed by atoms with van der Waals surface area (Å²) < 4.78 is 1.21. The average molecular weight is 319 g/mol. The molecule has 2 nitrogen and oxygen atoms in total. The van der Waals surface area contributed by atoms with Crippen LogP contribution in [0.15, 0.2) is 15.9 Å². The highest BCUT2D eigenvalue weighted by molar-refractivity contribution is 9.10. The van der Waals surface area contributed by atoms with Crippen LogP contribution in [0.2, 0.25) is 0 Å². The predicted molar refractivity (Wildman–Crippen MR) is 80.9 cm³/mol. The average Bonchev–Trinajstić information content (AvgIpc) is 2.72. The van der Waals surface area contributed by atoms with Crippen LogP contribution in [-0.2, 0) is 6.42 Å². The Labute approximate surface area is 118 Å². The second-order valence-corrected chi connectivity index (χ2v) is 6.49. The molecule has 0 aliphatic heterocycles. The summed E-state index contributed by atoms with van der Waals surface area (Å²) in [5.74, 6) is 0.764. The van der Waals surface area contributed by atoms with Crippen molar-refractivity contribution in [1.29, 1.82) is 0 Å². The van der Waals surface area contributed by atoms with E-state index < -0.39 is 0 Å². The largest absolute Gasteiger partial charge is 0.319 e. The zero-order chi connectivity index (χ0) is 12.7. The molecule has 1 N–H and O–H groups in total. The van der Waals surface area contributed by atoms with E-state index in [0.717, 1.165) is 25.4 Å². The molecule has 0 spiro atoms. The van der Waals surface area contributed by atoms with Gasteiger partial charge in [-0.25, -0.2) is 0 Å². The van der Waals surface area contributed by atoms with Crippen molar-refractivity contribution in [3.63, 3.8) is 0 Å². The van der Waals surface area contributed by atoms with E-state index in [1.165, 1.54) is 22.3 Å². The Kier molecular flexibility index (Phi) is 7.35. The number of halogens is 1. The molecule has 4 heteroatoms. The molecular weight excluding hydrogens is 296 g/mol. The molecule has 0 aromatic carbocycles. The van der Waals surface area contributed by atoms with Crippen molar-refractivity contribution in [3.05, 3.63) is 20.8 Å². The third-order valence-corrected chi connectivity index (χ3v) is 4.76. The van der Waals surface area contributed by atoms with Gasteiger partial charge in [-0.3, -0.25) is 0 Å². The molecule has 0 radical (unpaired) electrons. The monoisotopic (exact) mass is 318 g/mol. The van der Waals surface area contributed by atoms with Crippen LogP contribution in [0.4, 0.5) is 0 Å². The minimum atomic E-state index is 0.764. The molecule has 0 fully saturated rings. The van der Waals surface area contributed by atoms with Gasteiger partial charge < -0.3 is 10.2 Å². The highest BCUT2D eigenvalue weighted by Gasteiger charge is 2.09. The molecule has 0 aliphatic carbocycles. The highest BCUT2D eigenvalue weighted by Crippen LogP contribution is 2.20. The standard InChI is InChI=1S/C13H23BrN2S/c1-4-11(8-15-2)9-16(3)6-5-13-7-12(14)10-17-13/h7,10-11,15H,4-6,8-9H2,1-3H3. The van der Waals surface area contributed by atoms with Crippen molar-refractivity contribution in [3.8, 4) is 0 Å². The summed E-state index contributed by atoms with van der Waals surface area (Å²) in [5, 5.41) is 5.43. The zero-order valence-corrected chi connectivity index (χ0v) is 13.4. The summed E-state index contributed by atoms with van der Waals surface area (Å²) in [6, 6.07) is 2.23. The maximum Gasteiger partial charge on any atom is 0.0285 e. The van der Waals surface area contributed by atoms with Crippen molar-refractivity contribution in [2.24, 2.45) is 5.92 Å². The molecule has 1 aromatic heterocycles.